The first-order valence-electron chi connectivity index (χ1n) is 8.95. The number of benzene rings is 2. The Kier molecular flexibility index (Phi) is 4.63. The lowest BCUT2D eigenvalue weighted by molar-refractivity contribution is 0.0630. The van der Waals surface area contributed by atoms with Crippen LogP contribution in [0.4, 0.5) is 0 Å². The number of hydrogen-bond acceptors (Lipinski definition) is 3. The number of fused-ring (bicyclic) bond motifs is 1. The molecule has 1 N–H and O–H groups in total. The van der Waals surface area contributed by atoms with E-state index in [2.05, 4.69) is 22.0 Å². The van der Waals surface area contributed by atoms with Gasteiger partial charge in [0.05, 0.1) is 12.7 Å². The topological polar surface area (TPSA) is 48.6 Å². The number of para-hydroxylation sites is 1. The van der Waals surface area contributed by atoms with Gasteiger partial charge in [-0.2, -0.15) is 0 Å². The molecule has 2 aromatic carbocycles. The van der Waals surface area contributed by atoms with Crippen LogP contribution in [-0.2, 0) is 6.54 Å². The Bertz CT molecular complexity index is 893. The van der Waals surface area contributed by atoms with Crippen LogP contribution < -0.4 is 4.74 Å². The van der Waals surface area contributed by atoms with E-state index in [1.807, 2.05) is 47.5 Å². The van der Waals surface area contributed by atoms with Gasteiger partial charge in [0.1, 0.15) is 5.75 Å². The molecular weight excluding hydrogens is 326 g/mol. The molecule has 5 heteroatoms. The normalized spacial score (nSPS) is 15.3. The minimum Gasteiger partial charge on any atom is -0.497 e. The summed E-state index contributed by atoms with van der Waals surface area (Å²) in [7, 11) is 1.68. The molecule has 3 aromatic rings. The predicted molar refractivity (Wildman–Crippen MR) is 102 cm³/mol. The Balaban J connectivity index is 1.37. The lowest BCUT2D eigenvalue weighted by Crippen LogP contribution is -2.48. The zero-order valence-corrected chi connectivity index (χ0v) is 14.9. The summed E-state index contributed by atoms with van der Waals surface area (Å²) in [5.41, 5.74) is 3.04. The van der Waals surface area contributed by atoms with Crippen molar-refractivity contribution in [3.63, 3.8) is 0 Å². The van der Waals surface area contributed by atoms with Crippen LogP contribution >= 0.6 is 0 Å². The number of nitrogens with zero attached hydrogens (tertiary/aromatic N) is 2. The van der Waals surface area contributed by atoms with Gasteiger partial charge in [-0.1, -0.05) is 30.3 Å². The zero-order valence-electron chi connectivity index (χ0n) is 14.9. The van der Waals surface area contributed by atoms with Crippen molar-refractivity contribution in [2.75, 3.05) is 33.3 Å². The van der Waals surface area contributed by atoms with Crippen LogP contribution in [0.3, 0.4) is 0 Å². The summed E-state index contributed by atoms with van der Waals surface area (Å²) in [6, 6.07) is 16.1. The average Bonchev–Trinajstić information content (AvgIpc) is 3.13. The van der Waals surface area contributed by atoms with Crippen molar-refractivity contribution in [3.05, 3.63) is 65.9 Å². The van der Waals surface area contributed by atoms with E-state index < -0.39 is 0 Å². The molecule has 5 nitrogen and oxygen atoms in total. The number of carbonyl (C=O) groups is 1. The van der Waals surface area contributed by atoms with Gasteiger partial charge in [0.2, 0.25) is 0 Å². The van der Waals surface area contributed by atoms with Crippen molar-refractivity contribution in [2.45, 2.75) is 6.54 Å². The monoisotopic (exact) mass is 349 g/mol. The number of methoxy groups -OCH3 is 1. The molecule has 1 amide bonds. The maximum absolute atomic E-state index is 12.9. The maximum Gasteiger partial charge on any atom is 0.256 e. The molecule has 0 saturated carbocycles. The van der Waals surface area contributed by atoms with Gasteiger partial charge in [-0.25, -0.2) is 0 Å². The SMILES string of the molecule is COc1ccc(CN2CCN(C(=O)c3c[nH]c4ccccc34)CC2)cc1. The number of amides is 1. The highest BCUT2D eigenvalue weighted by Crippen LogP contribution is 2.20. The molecule has 4 rings (SSSR count). The van der Waals surface area contributed by atoms with Gasteiger partial charge in [-0.05, 0) is 23.8 Å². The Morgan fingerprint density at radius 2 is 1.77 bits per heavy atom. The van der Waals surface area contributed by atoms with E-state index in [9.17, 15) is 4.79 Å². The van der Waals surface area contributed by atoms with Crippen LogP contribution in [0.2, 0.25) is 0 Å². The van der Waals surface area contributed by atoms with E-state index in [-0.39, 0.29) is 5.91 Å². The molecule has 1 fully saturated rings. The summed E-state index contributed by atoms with van der Waals surface area (Å²) < 4.78 is 5.21. The lowest BCUT2D eigenvalue weighted by Gasteiger charge is -2.34. The summed E-state index contributed by atoms with van der Waals surface area (Å²) in [4.78, 5) is 20.4. The number of H-pyrrole nitrogens is 1. The second-order valence-corrected chi connectivity index (χ2v) is 6.66. The van der Waals surface area contributed by atoms with E-state index in [0.29, 0.717) is 0 Å². The summed E-state index contributed by atoms with van der Waals surface area (Å²) in [6.45, 7) is 4.20. The Morgan fingerprint density at radius 3 is 2.50 bits per heavy atom. The van der Waals surface area contributed by atoms with Crippen molar-refractivity contribution >= 4 is 16.8 Å². The van der Waals surface area contributed by atoms with E-state index in [4.69, 9.17) is 4.74 Å². The van der Waals surface area contributed by atoms with Crippen molar-refractivity contribution in [2.24, 2.45) is 0 Å². The molecule has 1 aliphatic heterocycles. The largest absolute Gasteiger partial charge is 0.497 e. The van der Waals surface area contributed by atoms with E-state index in [1.165, 1.54) is 5.56 Å². The number of carbonyl (C=O) groups excluding carboxylic acids is 1. The first-order chi connectivity index (χ1) is 12.7. The molecule has 0 radical (unpaired) electrons. The molecule has 1 aromatic heterocycles. The quantitative estimate of drug-likeness (QED) is 0.787. The number of piperazine rings is 1. The summed E-state index contributed by atoms with van der Waals surface area (Å²) in [5, 5.41) is 0.998. The van der Waals surface area contributed by atoms with Crippen LogP contribution in [0.1, 0.15) is 15.9 Å². The molecule has 0 atom stereocenters. The van der Waals surface area contributed by atoms with Gasteiger partial charge in [0.25, 0.3) is 5.91 Å². The fraction of sp³-hybridized carbons (Fsp3) is 0.286. The smallest absolute Gasteiger partial charge is 0.256 e. The minimum atomic E-state index is 0.117. The molecule has 0 unspecified atom stereocenters. The average molecular weight is 349 g/mol. The Morgan fingerprint density at radius 1 is 1.04 bits per heavy atom. The van der Waals surface area contributed by atoms with E-state index in [0.717, 1.165) is 54.9 Å². The van der Waals surface area contributed by atoms with Crippen molar-refractivity contribution < 1.29 is 9.53 Å². The number of hydrogen-bond donors (Lipinski definition) is 1. The highest BCUT2D eigenvalue weighted by molar-refractivity contribution is 6.06. The van der Waals surface area contributed by atoms with E-state index in [1.54, 1.807) is 7.11 Å². The Labute approximate surface area is 153 Å². The highest BCUT2D eigenvalue weighted by atomic mass is 16.5. The van der Waals surface area contributed by atoms with Gasteiger partial charge < -0.3 is 14.6 Å². The molecule has 2 heterocycles. The number of rotatable bonds is 4. The zero-order chi connectivity index (χ0) is 17.9. The number of ether oxygens (including phenoxy) is 1. The predicted octanol–water partition coefficient (Wildman–Crippen LogP) is 3.13. The van der Waals surface area contributed by atoms with Gasteiger partial charge >= 0.3 is 0 Å². The van der Waals surface area contributed by atoms with Crippen molar-refractivity contribution in [3.8, 4) is 5.75 Å². The highest BCUT2D eigenvalue weighted by Gasteiger charge is 2.23. The van der Waals surface area contributed by atoms with Gasteiger partial charge in [-0.3, -0.25) is 9.69 Å². The van der Waals surface area contributed by atoms with Crippen LogP contribution in [0, 0.1) is 0 Å². The summed E-state index contributed by atoms with van der Waals surface area (Å²) >= 11 is 0. The standard InChI is InChI=1S/C21H23N3O2/c1-26-17-8-6-16(7-9-17)15-23-10-12-24(13-11-23)21(25)19-14-22-20-5-3-2-4-18(19)20/h2-9,14,22H,10-13,15H2,1H3. The molecule has 0 aliphatic carbocycles. The third-order valence-electron chi connectivity index (χ3n) is 5.04. The lowest BCUT2D eigenvalue weighted by atomic mass is 10.1. The second kappa shape index (κ2) is 7.22. The van der Waals surface area contributed by atoms with Crippen LogP contribution in [0.5, 0.6) is 5.75 Å². The fourth-order valence-corrected chi connectivity index (χ4v) is 3.52. The fourth-order valence-electron chi connectivity index (χ4n) is 3.52. The Hall–Kier alpha value is -2.79. The molecule has 0 bridgehead atoms. The third-order valence-corrected chi connectivity index (χ3v) is 5.04. The van der Waals surface area contributed by atoms with Crippen molar-refractivity contribution in [1.82, 2.24) is 14.8 Å². The summed E-state index contributed by atoms with van der Waals surface area (Å²) in [6.07, 6.45) is 1.83. The molecule has 26 heavy (non-hydrogen) atoms. The van der Waals surface area contributed by atoms with Gasteiger partial charge in [0, 0.05) is 49.8 Å². The first kappa shape index (κ1) is 16.7. The van der Waals surface area contributed by atoms with Crippen LogP contribution in [0.15, 0.2) is 54.7 Å². The summed E-state index contributed by atoms with van der Waals surface area (Å²) in [5.74, 6) is 0.995. The number of aromatic amines is 1. The van der Waals surface area contributed by atoms with Gasteiger partial charge in [-0.15, -0.1) is 0 Å². The number of aromatic nitrogens is 1. The molecule has 0 spiro atoms. The molecule has 1 saturated heterocycles. The number of nitrogens with one attached hydrogen (secondary N) is 1. The van der Waals surface area contributed by atoms with Crippen LogP contribution in [0.25, 0.3) is 10.9 Å². The van der Waals surface area contributed by atoms with Gasteiger partial charge in [0.15, 0.2) is 0 Å². The minimum absolute atomic E-state index is 0.117. The maximum atomic E-state index is 12.9. The third kappa shape index (κ3) is 3.30. The van der Waals surface area contributed by atoms with Crippen molar-refractivity contribution in [1.29, 1.82) is 0 Å². The second-order valence-electron chi connectivity index (χ2n) is 6.66. The van der Waals surface area contributed by atoms with E-state index >= 15 is 0 Å². The molecule has 1 aliphatic rings. The molecular formula is C21H23N3O2. The van der Waals surface area contributed by atoms with Crippen LogP contribution in [-0.4, -0.2) is 54.0 Å². The molecule has 134 valence electrons. The first-order valence-corrected chi connectivity index (χ1v) is 8.95.